The van der Waals surface area contributed by atoms with E-state index in [4.69, 9.17) is 4.74 Å². The number of aryl methyl sites for hydroxylation is 1. The van der Waals surface area contributed by atoms with Crippen LogP contribution in [0.15, 0.2) is 52.4 Å². The summed E-state index contributed by atoms with van der Waals surface area (Å²) in [6, 6.07) is 0.227. The average Bonchev–Trinajstić information content (AvgIpc) is 3.47. The topological polar surface area (TPSA) is 140 Å². The van der Waals surface area contributed by atoms with Crippen molar-refractivity contribution in [1.82, 2.24) is 23.8 Å². The molecule has 1 aromatic carbocycles. The Labute approximate surface area is 249 Å². The molecule has 0 saturated carbocycles. The summed E-state index contributed by atoms with van der Waals surface area (Å²) in [4.78, 5) is 54.9. The summed E-state index contributed by atoms with van der Waals surface area (Å²) in [6.45, 7) is -1.18. The van der Waals surface area contributed by atoms with E-state index < -0.39 is 77.3 Å². The maximum atomic E-state index is 15.1. The third-order valence-corrected chi connectivity index (χ3v) is 7.48. The molecule has 0 bridgehead atoms. The van der Waals surface area contributed by atoms with Gasteiger partial charge in [0.2, 0.25) is 0 Å². The van der Waals surface area contributed by atoms with Crippen LogP contribution in [-0.2, 0) is 30.0 Å². The predicted octanol–water partition coefficient (Wildman–Crippen LogP) is 1.87. The molecular weight excluding hydrogens is 611 g/mol. The Bertz CT molecular complexity index is 1910. The number of aliphatic carboxylic acids is 1. The van der Waals surface area contributed by atoms with Gasteiger partial charge in [0.1, 0.15) is 34.9 Å². The van der Waals surface area contributed by atoms with E-state index in [1.165, 1.54) is 53.8 Å². The van der Waals surface area contributed by atoms with E-state index >= 15 is 8.78 Å². The Hall–Kier alpha value is -5.06. The number of imidazole rings is 1. The lowest BCUT2D eigenvalue weighted by atomic mass is 10.1. The number of carbonyl (C=O) groups excluding carboxylic acids is 1. The normalized spacial score (nSPS) is 16.2. The minimum atomic E-state index is -4.76. The quantitative estimate of drug-likeness (QED) is 0.293. The fraction of sp³-hybridized carbons (Fsp3) is 0.321. The van der Waals surface area contributed by atoms with Crippen molar-refractivity contribution in [3.63, 3.8) is 0 Å². The Balaban J connectivity index is 1.42. The number of pyridine rings is 1. The smallest absolute Gasteiger partial charge is 0.411 e. The number of fused-ring (bicyclic) bond motifs is 1. The monoisotopic (exact) mass is 636 g/mol. The van der Waals surface area contributed by atoms with Crippen LogP contribution >= 0.6 is 0 Å². The summed E-state index contributed by atoms with van der Waals surface area (Å²) in [6.07, 6.45) is -0.967. The van der Waals surface area contributed by atoms with Crippen molar-refractivity contribution < 1.29 is 41.4 Å². The standard InChI is InChI=1S/C28H25F5N6O6/c1-36-12-17(25(41)37(2)27(36)44)16-4-3-14(39-6-5-34-23(16)39)11-20(26(42)43)35-24(40)22-18(29)9-15(10-19(22)30)38-7-8-45-13-21(38)28(31,32)33/h3-6,9-10,12,20-21H,7-8,11,13H2,1-2H3,(H,35,40)(H,42,43)/t20-,21+/m0/s1. The van der Waals surface area contributed by atoms with Crippen LogP contribution in [0, 0.1) is 11.6 Å². The van der Waals surface area contributed by atoms with Gasteiger partial charge in [-0.1, -0.05) is 0 Å². The van der Waals surface area contributed by atoms with Crippen molar-refractivity contribution >= 4 is 23.2 Å². The Morgan fingerprint density at radius 1 is 1.13 bits per heavy atom. The van der Waals surface area contributed by atoms with Gasteiger partial charge in [-0.25, -0.2) is 23.4 Å². The first-order chi connectivity index (χ1) is 21.2. The minimum absolute atomic E-state index is 0.120. The zero-order chi connectivity index (χ0) is 32.8. The van der Waals surface area contributed by atoms with Gasteiger partial charge < -0.3 is 29.0 Å². The van der Waals surface area contributed by atoms with Crippen molar-refractivity contribution in [2.75, 3.05) is 24.7 Å². The number of anilines is 1. The molecule has 17 heteroatoms. The summed E-state index contributed by atoms with van der Waals surface area (Å²) in [5.41, 5.74) is -1.80. The summed E-state index contributed by atoms with van der Waals surface area (Å²) in [7, 11) is 2.77. The fourth-order valence-electron chi connectivity index (χ4n) is 5.20. The van der Waals surface area contributed by atoms with E-state index in [2.05, 4.69) is 10.3 Å². The first-order valence-electron chi connectivity index (χ1n) is 13.3. The number of carbonyl (C=O) groups is 2. The molecule has 1 fully saturated rings. The number of carboxylic acid groups (broad SMARTS) is 1. The molecular formula is C28H25F5N6O6. The summed E-state index contributed by atoms with van der Waals surface area (Å²) in [5, 5.41) is 11.9. The van der Waals surface area contributed by atoms with Crippen LogP contribution in [0.5, 0.6) is 0 Å². The summed E-state index contributed by atoms with van der Waals surface area (Å²) < 4.78 is 79.0. The molecule has 4 heterocycles. The molecule has 12 nitrogen and oxygen atoms in total. The number of alkyl halides is 3. The lowest BCUT2D eigenvalue weighted by Crippen LogP contribution is -2.53. The number of rotatable bonds is 7. The second-order valence-corrected chi connectivity index (χ2v) is 10.3. The van der Waals surface area contributed by atoms with Crippen LogP contribution in [0.25, 0.3) is 16.8 Å². The molecule has 0 radical (unpaired) electrons. The number of amides is 1. The molecule has 0 unspecified atom stereocenters. The molecule has 1 aliphatic rings. The highest BCUT2D eigenvalue weighted by atomic mass is 19.4. The van der Waals surface area contributed by atoms with Crippen molar-refractivity contribution in [3.8, 4) is 11.1 Å². The Morgan fingerprint density at radius 3 is 2.47 bits per heavy atom. The van der Waals surface area contributed by atoms with Gasteiger partial charge in [-0.15, -0.1) is 0 Å². The molecule has 2 atom stereocenters. The third-order valence-electron chi connectivity index (χ3n) is 7.48. The van der Waals surface area contributed by atoms with E-state index in [1.54, 1.807) is 0 Å². The van der Waals surface area contributed by atoms with Gasteiger partial charge in [-0.05, 0) is 24.3 Å². The number of benzene rings is 1. The van der Waals surface area contributed by atoms with Crippen molar-refractivity contribution in [1.29, 1.82) is 0 Å². The number of ether oxygens (including phenoxy) is 1. The number of nitrogens with one attached hydrogen (secondary N) is 1. The van der Waals surface area contributed by atoms with E-state index in [9.17, 15) is 37.5 Å². The summed E-state index contributed by atoms with van der Waals surface area (Å²) in [5.74, 6) is -5.96. The summed E-state index contributed by atoms with van der Waals surface area (Å²) >= 11 is 0. The molecule has 238 valence electrons. The van der Waals surface area contributed by atoms with Gasteiger partial charge in [0.25, 0.3) is 11.5 Å². The highest BCUT2D eigenvalue weighted by molar-refractivity contribution is 5.97. The molecule has 0 aliphatic carbocycles. The molecule has 2 N–H and O–H groups in total. The van der Waals surface area contributed by atoms with E-state index in [0.717, 1.165) is 9.47 Å². The van der Waals surface area contributed by atoms with Gasteiger partial charge in [0, 0.05) is 62.6 Å². The molecule has 45 heavy (non-hydrogen) atoms. The fourth-order valence-corrected chi connectivity index (χ4v) is 5.20. The van der Waals surface area contributed by atoms with Crippen LogP contribution in [-0.4, -0.2) is 73.5 Å². The molecule has 4 aromatic rings. The zero-order valence-electron chi connectivity index (χ0n) is 23.6. The molecule has 5 rings (SSSR count). The van der Waals surface area contributed by atoms with Crippen LogP contribution in [0.2, 0.25) is 0 Å². The van der Waals surface area contributed by atoms with E-state index in [0.29, 0.717) is 17.7 Å². The maximum Gasteiger partial charge on any atom is 0.411 e. The van der Waals surface area contributed by atoms with Gasteiger partial charge in [0.05, 0.1) is 18.8 Å². The Morgan fingerprint density at radius 2 is 1.82 bits per heavy atom. The van der Waals surface area contributed by atoms with Gasteiger partial charge >= 0.3 is 17.8 Å². The lowest BCUT2D eigenvalue weighted by molar-refractivity contribution is -0.167. The molecule has 1 aliphatic heterocycles. The average molecular weight is 637 g/mol. The Kier molecular flexibility index (Phi) is 8.22. The lowest BCUT2D eigenvalue weighted by Gasteiger charge is -2.38. The van der Waals surface area contributed by atoms with Crippen LogP contribution in [0.4, 0.5) is 27.6 Å². The van der Waals surface area contributed by atoms with Crippen molar-refractivity contribution in [3.05, 3.63) is 86.6 Å². The molecule has 1 amide bonds. The number of carboxylic acids is 1. The SMILES string of the molecule is Cn1cc(-c2ccc(C[C@H](NC(=O)c3c(F)cc(N4CCOC[C@@H]4C(F)(F)F)cc3F)C(=O)O)n3ccnc23)c(=O)n(C)c1=O. The van der Waals surface area contributed by atoms with Crippen LogP contribution in [0.1, 0.15) is 16.1 Å². The largest absolute Gasteiger partial charge is 0.480 e. The highest BCUT2D eigenvalue weighted by Crippen LogP contribution is 2.33. The van der Waals surface area contributed by atoms with Gasteiger partial charge in [0.15, 0.2) is 0 Å². The number of morpholine rings is 1. The van der Waals surface area contributed by atoms with Gasteiger partial charge in [-0.2, -0.15) is 13.2 Å². The first-order valence-corrected chi connectivity index (χ1v) is 13.3. The van der Waals surface area contributed by atoms with Gasteiger partial charge in [-0.3, -0.25) is 14.2 Å². The highest BCUT2D eigenvalue weighted by Gasteiger charge is 2.46. The number of hydrogen-bond acceptors (Lipinski definition) is 7. The van der Waals surface area contributed by atoms with E-state index in [1.807, 2.05) is 0 Å². The number of nitrogens with zero attached hydrogens (tertiary/aromatic N) is 5. The third kappa shape index (κ3) is 5.90. The second-order valence-electron chi connectivity index (χ2n) is 10.3. The zero-order valence-corrected chi connectivity index (χ0v) is 23.6. The number of hydrogen-bond donors (Lipinski definition) is 2. The van der Waals surface area contributed by atoms with E-state index in [-0.39, 0.29) is 30.1 Å². The maximum absolute atomic E-state index is 15.1. The van der Waals surface area contributed by atoms with Crippen LogP contribution in [0.3, 0.4) is 0 Å². The minimum Gasteiger partial charge on any atom is -0.480 e. The molecule has 1 saturated heterocycles. The van der Waals surface area contributed by atoms with Crippen LogP contribution < -0.4 is 21.5 Å². The number of aromatic nitrogens is 4. The van der Waals surface area contributed by atoms with Crippen molar-refractivity contribution in [2.24, 2.45) is 14.1 Å². The number of halogens is 5. The van der Waals surface area contributed by atoms with Crippen molar-refractivity contribution in [2.45, 2.75) is 24.7 Å². The molecule has 3 aromatic heterocycles. The predicted molar refractivity (Wildman–Crippen MR) is 148 cm³/mol. The molecule has 0 spiro atoms. The second kappa shape index (κ2) is 11.8. The first kappa shape index (κ1) is 31.4.